The zero-order valence-electron chi connectivity index (χ0n) is 19.2. The molecule has 0 fully saturated rings. The number of methoxy groups -OCH3 is 2. The van der Waals surface area contributed by atoms with Gasteiger partial charge in [-0.15, -0.1) is 0 Å². The highest BCUT2D eigenvalue weighted by Crippen LogP contribution is 2.43. The van der Waals surface area contributed by atoms with E-state index in [9.17, 15) is 9.59 Å². The van der Waals surface area contributed by atoms with Gasteiger partial charge in [0.2, 0.25) is 5.43 Å². The largest absolute Gasteiger partial charge is 0.493 e. The SMILES string of the molecule is CCOC(=O)c1cn2c(c(F)c1=O)-c1cc(OC)c(OCCCOC)cc1C[C@@H]2C(C)C. The summed E-state index contributed by atoms with van der Waals surface area (Å²) in [5, 5.41) is 0. The topological polar surface area (TPSA) is 76.0 Å². The van der Waals surface area contributed by atoms with Gasteiger partial charge in [0.1, 0.15) is 5.56 Å². The summed E-state index contributed by atoms with van der Waals surface area (Å²) >= 11 is 0. The van der Waals surface area contributed by atoms with E-state index >= 15 is 4.39 Å². The Bertz CT molecular complexity index is 1050. The number of hydrogen-bond donors (Lipinski definition) is 0. The van der Waals surface area contributed by atoms with Crippen LogP contribution in [0, 0.1) is 11.7 Å². The Labute approximate surface area is 187 Å². The van der Waals surface area contributed by atoms with Gasteiger partial charge in [0.25, 0.3) is 0 Å². The molecule has 0 bridgehead atoms. The third kappa shape index (κ3) is 4.50. The standard InChI is InChI=1S/C24H30FNO6/c1-6-31-24(28)17-13-26-18(14(2)3)10-15-11-20(32-9-7-8-29-4)19(30-5)12-16(15)22(26)21(25)23(17)27/h11-14,18H,6-10H2,1-5H3/t18-/m1/s1. The molecule has 2 heterocycles. The van der Waals surface area contributed by atoms with E-state index < -0.39 is 17.2 Å². The molecule has 0 aliphatic carbocycles. The molecule has 1 aromatic heterocycles. The van der Waals surface area contributed by atoms with E-state index in [-0.39, 0.29) is 29.8 Å². The van der Waals surface area contributed by atoms with Crippen molar-refractivity contribution in [3.8, 4) is 22.8 Å². The van der Waals surface area contributed by atoms with E-state index in [1.165, 1.54) is 13.3 Å². The fourth-order valence-electron chi connectivity index (χ4n) is 4.00. The van der Waals surface area contributed by atoms with Crippen LogP contribution in [0.5, 0.6) is 11.5 Å². The number of benzene rings is 1. The Hall–Kier alpha value is -2.87. The molecular formula is C24H30FNO6. The number of esters is 1. The van der Waals surface area contributed by atoms with Crippen molar-refractivity contribution in [2.45, 2.75) is 39.7 Å². The van der Waals surface area contributed by atoms with Crippen molar-refractivity contribution in [2.75, 3.05) is 34.0 Å². The Kier molecular flexibility index (Phi) is 7.56. The smallest absolute Gasteiger partial charge is 0.343 e. The summed E-state index contributed by atoms with van der Waals surface area (Å²) < 4.78 is 38.5. The minimum atomic E-state index is -0.974. The average molecular weight is 448 g/mol. The maximum atomic E-state index is 15.5. The number of pyridine rings is 1. The minimum Gasteiger partial charge on any atom is -0.493 e. The van der Waals surface area contributed by atoms with E-state index in [1.807, 2.05) is 19.9 Å². The van der Waals surface area contributed by atoms with Crippen molar-refractivity contribution in [3.05, 3.63) is 45.5 Å². The van der Waals surface area contributed by atoms with Gasteiger partial charge in [0.05, 0.1) is 26.0 Å². The zero-order valence-corrected chi connectivity index (χ0v) is 19.2. The van der Waals surface area contributed by atoms with Crippen LogP contribution in [0.15, 0.2) is 23.1 Å². The van der Waals surface area contributed by atoms with Crippen molar-refractivity contribution in [1.29, 1.82) is 0 Å². The van der Waals surface area contributed by atoms with Crippen LogP contribution >= 0.6 is 0 Å². The second-order valence-electron chi connectivity index (χ2n) is 8.03. The molecule has 0 amide bonds. The quantitative estimate of drug-likeness (QED) is 0.427. The molecule has 1 atom stereocenters. The maximum Gasteiger partial charge on any atom is 0.343 e. The fraction of sp³-hybridized carbons (Fsp3) is 0.500. The predicted molar refractivity (Wildman–Crippen MR) is 118 cm³/mol. The number of fused-ring (bicyclic) bond motifs is 3. The van der Waals surface area contributed by atoms with Gasteiger partial charge in [0, 0.05) is 37.9 Å². The van der Waals surface area contributed by atoms with Gasteiger partial charge in [-0.3, -0.25) is 4.79 Å². The second kappa shape index (κ2) is 10.2. The Balaban J connectivity index is 2.16. The summed E-state index contributed by atoms with van der Waals surface area (Å²) in [5.41, 5.74) is 0.282. The molecule has 0 unspecified atom stereocenters. The lowest BCUT2D eigenvalue weighted by molar-refractivity contribution is 0.0522. The van der Waals surface area contributed by atoms with Crippen LogP contribution in [0.3, 0.4) is 0 Å². The first kappa shape index (κ1) is 23.8. The van der Waals surface area contributed by atoms with Crippen molar-refractivity contribution < 1.29 is 28.1 Å². The minimum absolute atomic E-state index is 0.0996. The Morgan fingerprint density at radius 3 is 2.59 bits per heavy atom. The van der Waals surface area contributed by atoms with Crippen LogP contribution in [0.4, 0.5) is 4.39 Å². The average Bonchev–Trinajstić information content (AvgIpc) is 2.77. The van der Waals surface area contributed by atoms with Gasteiger partial charge in [0.15, 0.2) is 17.3 Å². The van der Waals surface area contributed by atoms with E-state index in [1.54, 1.807) is 24.7 Å². The van der Waals surface area contributed by atoms with E-state index in [0.29, 0.717) is 36.7 Å². The van der Waals surface area contributed by atoms with Crippen molar-refractivity contribution in [3.63, 3.8) is 0 Å². The van der Waals surface area contributed by atoms with Crippen LogP contribution in [0.2, 0.25) is 0 Å². The van der Waals surface area contributed by atoms with Gasteiger partial charge in [-0.2, -0.15) is 0 Å². The van der Waals surface area contributed by atoms with Crippen LogP contribution in [-0.4, -0.2) is 44.6 Å². The molecule has 0 spiro atoms. The number of halogens is 1. The predicted octanol–water partition coefficient (Wildman–Crippen LogP) is 4.01. The number of carbonyl (C=O) groups is 1. The highest BCUT2D eigenvalue weighted by Gasteiger charge is 2.33. The molecule has 0 saturated heterocycles. The van der Waals surface area contributed by atoms with Gasteiger partial charge in [-0.05, 0) is 37.0 Å². The summed E-state index contributed by atoms with van der Waals surface area (Å²) in [6.07, 6.45) is 2.73. The van der Waals surface area contributed by atoms with Crippen LogP contribution < -0.4 is 14.9 Å². The number of rotatable bonds is 9. The number of carbonyl (C=O) groups excluding carboxylic acids is 1. The molecule has 174 valence electrons. The highest BCUT2D eigenvalue weighted by molar-refractivity contribution is 5.89. The summed E-state index contributed by atoms with van der Waals surface area (Å²) in [6.45, 7) is 6.80. The molecule has 2 aromatic rings. The first-order valence-corrected chi connectivity index (χ1v) is 10.8. The second-order valence-corrected chi connectivity index (χ2v) is 8.03. The lowest BCUT2D eigenvalue weighted by Gasteiger charge is -2.34. The summed E-state index contributed by atoms with van der Waals surface area (Å²) in [6, 6.07) is 3.38. The van der Waals surface area contributed by atoms with E-state index in [4.69, 9.17) is 18.9 Å². The summed E-state index contributed by atoms with van der Waals surface area (Å²) in [4.78, 5) is 25.0. The molecule has 0 N–H and O–H groups in total. The van der Waals surface area contributed by atoms with Crippen LogP contribution in [0.1, 0.15) is 49.2 Å². The molecule has 32 heavy (non-hydrogen) atoms. The van der Waals surface area contributed by atoms with Crippen LogP contribution in [-0.2, 0) is 15.9 Å². The van der Waals surface area contributed by atoms with E-state index in [0.717, 1.165) is 12.0 Å². The van der Waals surface area contributed by atoms with Crippen molar-refractivity contribution >= 4 is 5.97 Å². The van der Waals surface area contributed by atoms with E-state index in [2.05, 4.69) is 0 Å². The molecule has 3 rings (SSSR count). The number of ether oxygens (including phenoxy) is 4. The normalized spacial score (nSPS) is 14.7. The first-order valence-electron chi connectivity index (χ1n) is 10.8. The fourth-order valence-corrected chi connectivity index (χ4v) is 4.00. The summed E-state index contributed by atoms with van der Waals surface area (Å²) in [7, 11) is 3.14. The van der Waals surface area contributed by atoms with Gasteiger partial charge >= 0.3 is 5.97 Å². The monoisotopic (exact) mass is 447 g/mol. The number of nitrogens with zero attached hydrogens (tertiary/aromatic N) is 1. The lowest BCUT2D eigenvalue weighted by atomic mass is 9.86. The molecule has 8 heteroatoms. The number of aromatic nitrogens is 1. The van der Waals surface area contributed by atoms with Gasteiger partial charge in [-0.25, -0.2) is 9.18 Å². The third-order valence-corrected chi connectivity index (χ3v) is 5.62. The lowest BCUT2D eigenvalue weighted by Crippen LogP contribution is -2.31. The van der Waals surface area contributed by atoms with Gasteiger partial charge < -0.3 is 23.5 Å². The van der Waals surface area contributed by atoms with Crippen LogP contribution in [0.25, 0.3) is 11.3 Å². The zero-order chi connectivity index (χ0) is 23.4. The molecule has 0 saturated carbocycles. The Morgan fingerprint density at radius 2 is 1.97 bits per heavy atom. The molecular weight excluding hydrogens is 417 g/mol. The Morgan fingerprint density at radius 1 is 1.22 bits per heavy atom. The van der Waals surface area contributed by atoms with Crippen molar-refractivity contribution in [2.24, 2.45) is 5.92 Å². The summed E-state index contributed by atoms with van der Waals surface area (Å²) in [5.74, 6) is -0.677. The molecule has 1 aromatic carbocycles. The third-order valence-electron chi connectivity index (χ3n) is 5.62. The highest BCUT2D eigenvalue weighted by atomic mass is 19.1. The molecule has 7 nitrogen and oxygen atoms in total. The molecule has 0 radical (unpaired) electrons. The molecule has 1 aliphatic heterocycles. The first-order chi connectivity index (χ1) is 15.3. The maximum absolute atomic E-state index is 15.5. The molecule has 1 aliphatic rings. The van der Waals surface area contributed by atoms with Gasteiger partial charge in [-0.1, -0.05) is 13.8 Å². The van der Waals surface area contributed by atoms with Crippen molar-refractivity contribution in [1.82, 2.24) is 4.57 Å². The number of hydrogen-bond acceptors (Lipinski definition) is 6.